The fraction of sp³-hybridized carbons (Fsp3) is 0.0714. The van der Waals surface area contributed by atoms with E-state index in [1.165, 1.54) is 12.1 Å². The Hall–Kier alpha value is -1.88. The first-order valence-corrected chi connectivity index (χ1v) is 6.32. The third-order valence-corrected chi connectivity index (χ3v) is 3.05. The van der Waals surface area contributed by atoms with Gasteiger partial charge in [-0.15, -0.1) is 0 Å². The molecule has 19 heavy (non-hydrogen) atoms. The topological polar surface area (TPSA) is 52.3 Å². The summed E-state index contributed by atoms with van der Waals surface area (Å²) in [6.45, 7) is 0.137. The number of hydrogen-bond donors (Lipinski definition) is 1. The number of nitrogen functional groups attached to an aromatic ring is 1. The van der Waals surface area contributed by atoms with Gasteiger partial charge < -0.3 is 10.5 Å². The third-order valence-electron chi connectivity index (χ3n) is 2.52. The Kier molecular flexibility index (Phi) is 4.16. The van der Waals surface area contributed by atoms with Gasteiger partial charge in [0.25, 0.3) is 0 Å². The van der Waals surface area contributed by atoms with Gasteiger partial charge in [0.1, 0.15) is 12.4 Å². The SMILES string of the molecule is Nc1ccc(C(=O)OCc2ccc(Br)cc2)cc1F. The van der Waals surface area contributed by atoms with Crippen molar-refractivity contribution in [2.24, 2.45) is 0 Å². The summed E-state index contributed by atoms with van der Waals surface area (Å²) < 4.78 is 19.2. The van der Waals surface area contributed by atoms with E-state index in [1.54, 1.807) is 0 Å². The summed E-state index contributed by atoms with van der Waals surface area (Å²) in [6, 6.07) is 11.2. The van der Waals surface area contributed by atoms with Gasteiger partial charge in [0.05, 0.1) is 11.3 Å². The van der Waals surface area contributed by atoms with Crippen molar-refractivity contribution in [1.82, 2.24) is 0 Å². The average Bonchev–Trinajstić information content (AvgIpc) is 2.41. The summed E-state index contributed by atoms with van der Waals surface area (Å²) in [7, 11) is 0. The first-order chi connectivity index (χ1) is 9.06. The second-order valence-electron chi connectivity index (χ2n) is 3.94. The average molecular weight is 324 g/mol. The minimum absolute atomic E-state index is 0.00413. The van der Waals surface area contributed by atoms with Crippen LogP contribution >= 0.6 is 15.9 Å². The quantitative estimate of drug-likeness (QED) is 0.694. The van der Waals surface area contributed by atoms with Crippen LogP contribution in [0.5, 0.6) is 0 Å². The van der Waals surface area contributed by atoms with Gasteiger partial charge in [0.15, 0.2) is 0 Å². The van der Waals surface area contributed by atoms with Crippen LogP contribution < -0.4 is 5.73 Å². The Morgan fingerprint density at radius 3 is 2.53 bits per heavy atom. The molecule has 0 saturated heterocycles. The molecule has 5 heteroatoms. The minimum Gasteiger partial charge on any atom is -0.457 e. The number of carbonyl (C=O) groups excluding carboxylic acids is 1. The van der Waals surface area contributed by atoms with Crippen LogP contribution in [0.3, 0.4) is 0 Å². The smallest absolute Gasteiger partial charge is 0.338 e. The number of halogens is 2. The van der Waals surface area contributed by atoms with E-state index in [9.17, 15) is 9.18 Å². The molecule has 0 aromatic heterocycles. The van der Waals surface area contributed by atoms with Crippen molar-refractivity contribution in [3.05, 3.63) is 63.9 Å². The van der Waals surface area contributed by atoms with Crippen molar-refractivity contribution in [2.45, 2.75) is 6.61 Å². The van der Waals surface area contributed by atoms with Crippen LogP contribution in [0.15, 0.2) is 46.9 Å². The van der Waals surface area contributed by atoms with Crippen LogP contribution in [-0.4, -0.2) is 5.97 Å². The molecule has 0 atom stereocenters. The molecule has 0 bridgehead atoms. The van der Waals surface area contributed by atoms with Crippen molar-refractivity contribution in [3.63, 3.8) is 0 Å². The van der Waals surface area contributed by atoms with Gasteiger partial charge in [-0.1, -0.05) is 28.1 Å². The highest BCUT2D eigenvalue weighted by atomic mass is 79.9. The standard InChI is InChI=1S/C14H11BrFNO2/c15-11-4-1-9(2-5-11)8-19-14(18)10-3-6-13(17)12(16)7-10/h1-7H,8,17H2. The molecule has 0 unspecified atom stereocenters. The zero-order chi connectivity index (χ0) is 13.8. The number of hydrogen-bond acceptors (Lipinski definition) is 3. The van der Waals surface area contributed by atoms with E-state index < -0.39 is 11.8 Å². The number of carbonyl (C=O) groups is 1. The molecule has 0 spiro atoms. The van der Waals surface area contributed by atoms with E-state index in [-0.39, 0.29) is 17.9 Å². The molecule has 0 aliphatic rings. The predicted octanol–water partition coefficient (Wildman–Crippen LogP) is 3.53. The minimum atomic E-state index is -0.627. The van der Waals surface area contributed by atoms with Crippen LogP contribution in [0.25, 0.3) is 0 Å². The zero-order valence-corrected chi connectivity index (χ0v) is 11.5. The molecule has 0 fully saturated rings. The van der Waals surface area contributed by atoms with Gasteiger partial charge in [-0.3, -0.25) is 0 Å². The lowest BCUT2D eigenvalue weighted by Crippen LogP contribution is -2.06. The number of benzene rings is 2. The normalized spacial score (nSPS) is 10.2. The molecule has 0 saturated carbocycles. The predicted molar refractivity (Wildman–Crippen MR) is 74.1 cm³/mol. The van der Waals surface area contributed by atoms with Gasteiger partial charge >= 0.3 is 5.97 Å². The number of ether oxygens (including phenoxy) is 1. The molecule has 0 heterocycles. The van der Waals surface area contributed by atoms with Crippen LogP contribution in [0, 0.1) is 5.82 Å². The Labute approximate surface area is 118 Å². The highest BCUT2D eigenvalue weighted by molar-refractivity contribution is 9.10. The summed E-state index contributed by atoms with van der Waals surface area (Å²) in [6.07, 6.45) is 0. The summed E-state index contributed by atoms with van der Waals surface area (Å²) >= 11 is 3.32. The number of nitrogens with two attached hydrogens (primary N) is 1. The van der Waals surface area contributed by atoms with Crippen LogP contribution in [-0.2, 0) is 11.3 Å². The number of rotatable bonds is 3. The lowest BCUT2D eigenvalue weighted by Gasteiger charge is -2.06. The summed E-state index contributed by atoms with van der Waals surface area (Å²) in [5, 5.41) is 0. The van der Waals surface area contributed by atoms with Crippen molar-refractivity contribution in [2.75, 3.05) is 5.73 Å². The van der Waals surface area contributed by atoms with E-state index in [2.05, 4.69) is 15.9 Å². The van der Waals surface area contributed by atoms with E-state index >= 15 is 0 Å². The molecular formula is C14H11BrFNO2. The third kappa shape index (κ3) is 3.54. The molecular weight excluding hydrogens is 313 g/mol. The maximum absolute atomic E-state index is 13.2. The van der Waals surface area contributed by atoms with Crippen molar-refractivity contribution >= 4 is 27.6 Å². The lowest BCUT2D eigenvalue weighted by molar-refractivity contribution is 0.0472. The number of esters is 1. The lowest BCUT2D eigenvalue weighted by atomic mass is 10.2. The van der Waals surface area contributed by atoms with E-state index in [0.717, 1.165) is 16.1 Å². The fourth-order valence-electron chi connectivity index (χ4n) is 1.47. The molecule has 98 valence electrons. The van der Waals surface area contributed by atoms with Gasteiger partial charge in [0.2, 0.25) is 0 Å². The molecule has 3 nitrogen and oxygen atoms in total. The Bertz CT molecular complexity index is 599. The maximum atomic E-state index is 13.2. The maximum Gasteiger partial charge on any atom is 0.338 e. The van der Waals surface area contributed by atoms with Crippen molar-refractivity contribution in [3.8, 4) is 0 Å². The monoisotopic (exact) mass is 323 g/mol. The first-order valence-electron chi connectivity index (χ1n) is 5.53. The Balaban J connectivity index is 2.01. The van der Waals surface area contributed by atoms with Crippen LogP contribution in [0.2, 0.25) is 0 Å². The molecule has 0 aliphatic carbocycles. The van der Waals surface area contributed by atoms with Gasteiger partial charge in [-0.25, -0.2) is 9.18 Å². The highest BCUT2D eigenvalue weighted by Gasteiger charge is 2.10. The Morgan fingerprint density at radius 2 is 1.89 bits per heavy atom. The number of anilines is 1. The second kappa shape index (κ2) is 5.84. The van der Waals surface area contributed by atoms with E-state index in [1.807, 2.05) is 24.3 Å². The molecule has 0 amide bonds. The second-order valence-corrected chi connectivity index (χ2v) is 4.85. The van der Waals surface area contributed by atoms with Gasteiger partial charge in [-0.05, 0) is 35.9 Å². The summed E-state index contributed by atoms with van der Waals surface area (Å²) in [5.74, 6) is -1.21. The van der Waals surface area contributed by atoms with E-state index in [0.29, 0.717) is 0 Å². The molecule has 2 aromatic carbocycles. The van der Waals surface area contributed by atoms with Crippen LogP contribution in [0.1, 0.15) is 15.9 Å². The molecule has 2 aromatic rings. The van der Waals surface area contributed by atoms with E-state index in [4.69, 9.17) is 10.5 Å². The largest absolute Gasteiger partial charge is 0.457 e. The summed E-state index contributed by atoms with van der Waals surface area (Å²) in [5.41, 5.74) is 6.34. The Morgan fingerprint density at radius 1 is 1.21 bits per heavy atom. The molecule has 2 rings (SSSR count). The van der Waals surface area contributed by atoms with Crippen molar-refractivity contribution in [1.29, 1.82) is 0 Å². The molecule has 0 radical (unpaired) electrons. The van der Waals surface area contributed by atoms with Gasteiger partial charge in [0, 0.05) is 4.47 Å². The first kappa shape index (κ1) is 13.5. The van der Waals surface area contributed by atoms with Gasteiger partial charge in [-0.2, -0.15) is 0 Å². The fourth-order valence-corrected chi connectivity index (χ4v) is 1.73. The zero-order valence-electron chi connectivity index (χ0n) is 9.90. The highest BCUT2D eigenvalue weighted by Crippen LogP contribution is 2.15. The van der Waals surface area contributed by atoms with Crippen molar-refractivity contribution < 1.29 is 13.9 Å². The van der Waals surface area contributed by atoms with Crippen LogP contribution in [0.4, 0.5) is 10.1 Å². The summed E-state index contributed by atoms with van der Waals surface area (Å²) in [4.78, 5) is 11.7. The molecule has 0 aliphatic heterocycles. The molecule has 2 N–H and O–H groups in total.